The van der Waals surface area contributed by atoms with Crippen molar-refractivity contribution in [2.45, 2.75) is 25.1 Å². The van der Waals surface area contributed by atoms with Crippen LogP contribution in [0, 0.1) is 5.82 Å². The number of aromatic amines is 1. The molecule has 0 radical (unpaired) electrons. The van der Waals surface area contributed by atoms with Crippen LogP contribution in [0.15, 0.2) is 46.1 Å². The molecule has 3 rings (SSSR count). The molecule has 2 atom stereocenters. The lowest BCUT2D eigenvalue weighted by molar-refractivity contribution is 0.0779. The largest absolute Gasteiger partial charge is 0.427 e. The minimum atomic E-state index is -1.12. The van der Waals surface area contributed by atoms with Gasteiger partial charge in [-0.15, -0.1) is 0 Å². The Morgan fingerprint density at radius 2 is 1.96 bits per heavy atom. The van der Waals surface area contributed by atoms with Gasteiger partial charge < -0.3 is 14.5 Å². The van der Waals surface area contributed by atoms with Crippen molar-refractivity contribution in [3.05, 3.63) is 68.7 Å². The first-order valence-corrected chi connectivity index (χ1v) is 8.99. The number of nitrogens with zero attached hydrogens (tertiary/aromatic N) is 3. The molecule has 28 heavy (non-hydrogen) atoms. The molecule has 1 amide bonds. The Kier molecular flexibility index (Phi) is 5.93. The van der Waals surface area contributed by atoms with Crippen LogP contribution in [0.2, 0.25) is 0 Å². The fourth-order valence-electron chi connectivity index (χ4n) is 3.11. The summed E-state index contributed by atoms with van der Waals surface area (Å²) in [4.78, 5) is 40.0. The predicted molar refractivity (Wildman–Crippen MR) is 101 cm³/mol. The molecule has 1 N–H and O–H groups in total. The number of benzene rings is 1. The highest BCUT2D eigenvalue weighted by molar-refractivity contribution is 5.66. The van der Waals surface area contributed by atoms with Gasteiger partial charge in [-0.25, -0.2) is 9.59 Å². The Labute approximate surface area is 161 Å². The lowest BCUT2D eigenvalue weighted by Gasteiger charge is -2.22. The van der Waals surface area contributed by atoms with E-state index in [1.165, 1.54) is 10.5 Å². The number of rotatable bonds is 7. The molecule has 2 unspecified atom stereocenters. The van der Waals surface area contributed by atoms with Gasteiger partial charge in [-0.3, -0.25) is 14.3 Å². The second-order valence-electron chi connectivity index (χ2n) is 6.97. The minimum absolute atomic E-state index is 0.447. The number of carbonyl (C=O) groups is 1. The number of H-pyrrole nitrogens is 1. The average Bonchev–Trinajstić information content (AvgIpc) is 3.49. The van der Waals surface area contributed by atoms with Gasteiger partial charge in [0.2, 0.25) is 5.82 Å². The standard InChI is InChI=1S/C19H23FN4O4/c1-22(16-10-14(16)13-6-4-3-5-7-13)8-9-23(2)19(27)28-12-24-11-15(20)17(25)21-18(24)26/h3-7,11,14,16H,8-10,12H2,1-2H3,(H,21,25,26). The molecule has 0 bridgehead atoms. The third-order valence-corrected chi connectivity index (χ3v) is 4.94. The maximum absolute atomic E-state index is 13.2. The third kappa shape index (κ3) is 4.66. The van der Waals surface area contributed by atoms with Crippen molar-refractivity contribution >= 4 is 6.09 Å². The van der Waals surface area contributed by atoms with E-state index in [0.29, 0.717) is 31.2 Å². The summed E-state index contributed by atoms with van der Waals surface area (Å²) in [6, 6.07) is 10.8. The number of halogens is 1. The molecule has 0 spiro atoms. The number of nitrogens with one attached hydrogen (secondary N) is 1. The van der Waals surface area contributed by atoms with Crippen LogP contribution in [-0.2, 0) is 11.5 Å². The first-order valence-electron chi connectivity index (χ1n) is 8.99. The lowest BCUT2D eigenvalue weighted by Crippen LogP contribution is -2.37. The van der Waals surface area contributed by atoms with Crippen molar-refractivity contribution in [3.63, 3.8) is 0 Å². The summed E-state index contributed by atoms with van der Waals surface area (Å²) in [5, 5.41) is 0. The topological polar surface area (TPSA) is 87.6 Å². The highest BCUT2D eigenvalue weighted by atomic mass is 19.1. The molecule has 1 aliphatic rings. The lowest BCUT2D eigenvalue weighted by atomic mass is 10.1. The number of hydrogen-bond donors (Lipinski definition) is 1. The zero-order chi connectivity index (χ0) is 20.3. The van der Waals surface area contributed by atoms with E-state index < -0.39 is 29.9 Å². The van der Waals surface area contributed by atoms with Gasteiger partial charge in [0.15, 0.2) is 6.73 Å². The van der Waals surface area contributed by atoms with Gasteiger partial charge in [0.1, 0.15) is 0 Å². The van der Waals surface area contributed by atoms with E-state index in [1.807, 2.05) is 25.2 Å². The molecule has 1 fully saturated rings. The van der Waals surface area contributed by atoms with Crippen LogP contribution in [-0.4, -0.2) is 58.7 Å². The van der Waals surface area contributed by atoms with E-state index >= 15 is 0 Å². The molecule has 1 aliphatic carbocycles. The zero-order valence-corrected chi connectivity index (χ0v) is 15.8. The van der Waals surface area contributed by atoms with Crippen LogP contribution in [0.25, 0.3) is 0 Å². The summed E-state index contributed by atoms with van der Waals surface area (Å²) in [7, 11) is 3.61. The summed E-state index contributed by atoms with van der Waals surface area (Å²) < 4.78 is 19.0. The van der Waals surface area contributed by atoms with E-state index in [4.69, 9.17) is 4.74 Å². The van der Waals surface area contributed by atoms with Gasteiger partial charge in [0.05, 0.1) is 6.20 Å². The van der Waals surface area contributed by atoms with Crippen molar-refractivity contribution in [2.75, 3.05) is 27.2 Å². The molecule has 8 nitrogen and oxygen atoms in total. The van der Waals surface area contributed by atoms with Gasteiger partial charge in [-0.2, -0.15) is 4.39 Å². The van der Waals surface area contributed by atoms with E-state index in [1.54, 1.807) is 12.0 Å². The van der Waals surface area contributed by atoms with E-state index in [2.05, 4.69) is 17.0 Å². The Balaban J connectivity index is 1.44. The number of likely N-dealkylation sites (N-methyl/N-ethyl adjacent to an activating group) is 2. The van der Waals surface area contributed by atoms with Gasteiger partial charge in [-0.05, 0) is 19.0 Å². The van der Waals surface area contributed by atoms with Crippen LogP contribution in [0.4, 0.5) is 9.18 Å². The van der Waals surface area contributed by atoms with E-state index in [-0.39, 0.29) is 0 Å². The number of aromatic nitrogens is 2. The van der Waals surface area contributed by atoms with Crippen LogP contribution in [0.5, 0.6) is 0 Å². The minimum Gasteiger partial charge on any atom is -0.427 e. The number of amides is 1. The summed E-state index contributed by atoms with van der Waals surface area (Å²) >= 11 is 0. The summed E-state index contributed by atoms with van der Waals surface area (Å²) in [5.41, 5.74) is -0.630. The van der Waals surface area contributed by atoms with Gasteiger partial charge in [0.25, 0.3) is 5.56 Å². The number of carbonyl (C=O) groups excluding carboxylic acids is 1. The van der Waals surface area contributed by atoms with Crippen LogP contribution in [0.1, 0.15) is 17.9 Å². The number of ether oxygens (including phenoxy) is 1. The van der Waals surface area contributed by atoms with Crippen LogP contribution in [0.3, 0.4) is 0 Å². The van der Waals surface area contributed by atoms with Crippen molar-refractivity contribution < 1.29 is 13.9 Å². The summed E-state index contributed by atoms with van der Waals surface area (Å²) in [5.74, 6) is -0.603. The van der Waals surface area contributed by atoms with Crippen LogP contribution >= 0.6 is 0 Å². The molecule has 1 aromatic carbocycles. The normalized spacial score (nSPS) is 18.1. The molecular weight excluding hydrogens is 367 g/mol. The summed E-state index contributed by atoms with van der Waals surface area (Å²) in [6.07, 6.45) is 1.16. The molecule has 2 aromatic rings. The Morgan fingerprint density at radius 1 is 1.25 bits per heavy atom. The van der Waals surface area contributed by atoms with E-state index in [9.17, 15) is 18.8 Å². The molecule has 1 aromatic heterocycles. The smallest absolute Gasteiger partial charge is 0.411 e. The monoisotopic (exact) mass is 390 g/mol. The predicted octanol–water partition coefficient (Wildman–Crippen LogP) is 1.19. The van der Waals surface area contributed by atoms with Crippen molar-refractivity contribution in [1.82, 2.24) is 19.4 Å². The first-order chi connectivity index (χ1) is 13.4. The molecule has 150 valence electrons. The molecular formula is C19H23FN4O4. The maximum Gasteiger partial charge on any atom is 0.411 e. The van der Waals surface area contributed by atoms with Gasteiger partial charge in [0, 0.05) is 32.1 Å². The third-order valence-electron chi connectivity index (χ3n) is 4.94. The highest BCUT2D eigenvalue weighted by Crippen LogP contribution is 2.43. The van der Waals surface area contributed by atoms with Crippen molar-refractivity contribution in [2.24, 2.45) is 0 Å². The molecule has 1 saturated carbocycles. The Bertz CT molecular complexity index is 943. The highest BCUT2D eigenvalue weighted by Gasteiger charge is 2.40. The molecule has 0 aliphatic heterocycles. The molecule has 0 saturated heterocycles. The second-order valence-corrected chi connectivity index (χ2v) is 6.97. The van der Waals surface area contributed by atoms with Crippen molar-refractivity contribution in [1.29, 1.82) is 0 Å². The van der Waals surface area contributed by atoms with Gasteiger partial charge >= 0.3 is 11.8 Å². The quantitative estimate of drug-likeness (QED) is 0.767. The van der Waals surface area contributed by atoms with Crippen LogP contribution < -0.4 is 11.2 Å². The SMILES string of the molecule is CN(CCN(C)C1CC1c1ccccc1)C(=O)OCn1cc(F)c(=O)[nH]c1=O. The average molecular weight is 390 g/mol. The van der Waals surface area contributed by atoms with Gasteiger partial charge in [-0.1, -0.05) is 30.3 Å². The van der Waals surface area contributed by atoms with Crippen molar-refractivity contribution in [3.8, 4) is 0 Å². The van der Waals surface area contributed by atoms with E-state index in [0.717, 1.165) is 11.0 Å². The maximum atomic E-state index is 13.2. The fraction of sp³-hybridized carbons (Fsp3) is 0.421. The second kappa shape index (κ2) is 8.39. The number of hydrogen-bond acceptors (Lipinski definition) is 5. The Hall–Kier alpha value is -2.94. The molecule has 1 heterocycles. The summed E-state index contributed by atoms with van der Waals surface area (Å²) in [6.45, 7) is 0.638. The zero-order valence-electron chi connectivity index (χ0n) is 15.8. The Morgan fingerprint density at radius 3 is 2.68 bits per heavy atom. The molecule has 9 heteroatoms. The fourth-order valence-corrected chi connectivity index (χ4v) is 3.11. The first kappa shape index (κ1) is 19.8.